The average Bonchev–Trinajstić information content (AvgIpc) is 3.14. The maximum atomic E-state index is 12.5. The molecular formula is C18H21N3OS. The standard InChI is InChI=1S/C18H21N3OS/c1-4-17-20-14(11-23-17)10-21(3)18(22)8-13-9-19-16-7-12(2)5-6-15(13)16/h5-7,9,11,19H,4,8,10H2,1-3H3. The zero-order valence-electron chi connectivity index (χ0n) is 13.7. The highest BCUT2D eigenvalue weighted by Gasteiger charge is 2.14. The van der Waals surface area contributed by atoms with Crippen LogP contribution in [0.15, 0.2) is 29.8 Å². The smallest absolute Gasteiger partial charge is 0.227 e. The van der Waals surface area contributed by atoms with Gasteiger partial charge in [0, 0.05) is 29.5 Å². The number of nitrogens with one attached hydrogen (secondary N) is 1. The fraction of sp³-hybridized carbons (Fsp3) is 0.333. The van der Waals surface area contributed by atoms with Crippen LogP contribution in [0.5, 0.6) is 0 Å². The first kappa shape index (κ1) is 15.7. The van der Waals surface area contributed by atoms with Crippen molar-refractivity contribution in [2.75, 3.05) is 7.05 Å². The van der Waals surface area contributed by atoms with E-state index in [2.05, 4.69) is 42.0 Å². The van der Waals surface area contributed by atoms with Crippen LogP contribution in [0.4, 0.5) is 0 Å². The monoisotopic (exact) mass is 327 g/mol. The minimum atomic E-state index is 0.109. The zero-order chi connectivity index (χ0) is 16.4. The highest BCUT2D eigenvalue weighted by Crippen LogP contribution is 2.20. The first-order valence-electron chi connectivity index (χ1n) is 7.80. The highest BCUT2D eigenvalue weighted by molar-refractivity contribution is 7.09. The predicted molar refractivity (Wildman–Crippen MR) is 94.7 cm³/mol. The Hall–Kier alpha value is -2.14. The van der Waals surface area contributed by atoms with E-state index >= 15 is 0 Å². The molecule has 120 valence electrons. The van der Waals surface area contributed by atoms with Gasteiger partial charge < -0.3 is 9.88 Å². The summed E-state index contributed by atoms with van der Waals surface area (Å²) in [5.74, 6) is 0.109. The van der Waals surface area contributed by atoms with Gasteiger partial charge in [0.1, 0.15) is 0 Å². The van der Waals surface area contributed by atoms with Crippen LogP contribution in [-0.4, -0.2) is 27.8 Å². The Bertz CT molecular complexity index is 834. The minimum Gasteiger partial charge on any atom is -0.361 e. The van der Waals surface area contributed by atoms with E-state index in [-0.39, 0.29) is 5.91 Å². The van der Waals surface area contributed by atoms with E-state index < -0.39 is 0 Å². The van der Waals surface area contributed by atoms with Crippen molar-refractivity contribution in [3.05, 3.63) is 51.6 Å². The number of fused-ring (bicyclic) bond motifs is 1. The van der Waals surface area contributed by atoms with Crippen LogP contribution < -0.4 is 0 Å². The molecule has 1 amide bonds. The van der Waals surface area contributed by atoms with Crippen LogP contribution in [0.3, 0.4) is 0 Å². The third kappa shape index (κ3) is 3.45. The molecule has 0 bridgehead atoms. The second-order valence-corrected chi connectivity index (χ2v) is 6.82. The lowest BCUT2D eigenvalue weighted by atomic mass is 10.1. The van der Waals surface area contributed by atoms with E-state index in [1.165, 1.54) is 5.56 Å². The van der Waals surface area contributed by atoms with Crippen molar-refractivity contribution in [1.82, 2.24) is 14.9 Å². The molecule has 0 unspecified atom stereocenters. The van der Waals surface area contributed by atoms with Gasteiger partial charge in [-0.05, 0) is 30.5 Å². The van der Waals surface area contributed by atoms with Gasteiger partial charge in [0.05, 0.1) is 23.7 Å². The maximum absolute atomic E-state index is 12.5. The number of hydrogen-bond donors (Lipinski definition) is 1. The normalized spacial score (nSPS) is 11.1. The molecule has 3 rings (SSSR count). The number of aromatic nitrogens is 2. The minimum absolute atomic E-state index is 0.109. The summed E-state index contributed by atoms with van der Waals surface area (Å²) in [6, 6.07) is 6.27. The van der Waals surface area contributed by atoms with Gasteiger partial charge >= 0.3 is 0 Å². The number of H-pyrrole nitrogens is 1. The quantitative estimate of drug-likeness (QED) is 0.777. The molecule has 5 heteroatoms. The maximum Gasteiger partial charge on any atom is 0.227 e. The molecule has 1 N–H and O–H groups in total. The molecule has 4 nitrogen and oxygen atoms in total. The fourth-order valence-electron chi connectivity index (χ4n) is 2.66. The van der Waals surface area contributed by atoms with Crippen molar-refractivity contribution in [3.63, 3.8) is 0 Å². The van der Waals surface area contributed by atoms with E-state index in [1.54, 1.807) is 16.2 Å². The molecule has 0 aliphatic carbocycles. The number of hydrogen-bond acceptors (Lipinski definition) is 3. The molecule has 0 aliphatic rings. The molecule has 0 saturated heterocycles. The summed E-state index contributed by atoms with van der Waals surface area (Å²) >= 11 is 1.66. The van der Waals surface area contributed by atoms with Gasteiger partial charge in [0.2, 0.25) is 5.91 Å². The number of aromatic amines is 1. The van der Waals surface area contributed by atoms with Gasteiger partial charge in [-0.2, -0.15) is 0 Å². The van der Waals surface area contributed by atoms with Gasteiger partial charge in [-0.1, -0.05) is 19.1 Å². The third-order valence-electron chi connectivity index (χ3n) is 3.99. The lowest BCUT2D eigenvalue weighted by Crippen LogP contribution is -2.27. The van der Waals surface area contributed by atoms with Crippen LogP contribution in [-0.2, 0) is 24.2 Å². The number of rotatable bonds is 5. The molecule has 2 aromatic heterocycles. The first-order chi connectivity index (χ1) is 11.1. The number of aryl methyl sites for hydroxylation is 2. The third-order valence-corrected chi connectivity index (χ3v) is 5.03. The summed E-state index contributed by atoms with van der Waals surface area (Å²) in [6.07, 6.45) is 3.29. The lowest BCUT2D eigenvalue weighted by molar-refractivity contribution is -0.129. The second-order valence-electron chi connectivity index (χ2n) is 5.88. The van der Waals surface area contributed by atoms with E-state index in [4.69, 9.17) is 0 Å². The summed E-state index contributed by atoms with van der Waals surface area (Å²) in [7, 11) is 1.84. The first-order valence-corrected chi connectivity index (χ1v) is 8.68. The Kier molecular flexibility index (Phi) is 4.48. The number of carbonyl (C=O) groups excluding carboxylic acids is 1. The van der Waals surface area contributed by atoms with Gasteiger partial charge in [-0.15, -0.1) is 11.3 Å². The van der Waals surface area contributed by atoms with Gasteiger partial charge in [0.15, 0.2) is 0 Å². The molecule has 0 radical (unpaired) electrons. The molecule has 0 aliphatic heterocycles. The van der Waals surface area contributed by atoms with Crippen LogP contribution in [0.1, 0.15) is 28.8 Å². The van der Waals surface area contributed by atoms with Crippen molar-refractivity contribution < 1.29 is 4.79 Å². The predicted octanol–water partition coefficient (Wildman–Crippen LogP) is 3.70. The Balaban J connectivity index is 1.69. The number of amides is 1. The summed E-state index contributed by atoms with van der Waals surface area (Å²) in [4.78, 5) is 22.0. The fourth-order valence-corrected chi connectivity index (χ4v) is 3.40. The van der Waals surface area contributed by atoms with Crippen molar-refractivity contribution in [2.45, 2.75) is 33.2 Å². The van der Waals surface area contributed by atoms with Gasteiger partial charge in [-0.25, -0.2) is 4.98 Å². The van der Waals surface area contributed by atoms with Gasteiger partial charge in [-0.3, -0.25) is 4.79 Å². The number of likely N-dealkylation sites (N-methyl/N-ethyl adjacent to an activating group) is 1. The summed E-state index contributed by atoms with van der Waals surface area (Å²) in [6.45, 7) is 4.73. The van der Waals surface area contributed by atoms with Crippen molar-refractivity contribution >= 4 is 28.1 Å². The lowest BCUT2D eigenvalue weighted by Gasteiger charge is -2.15. The van der Waals surface area contributed by atoms with Crippen LogP contribution in [0, 0.1) is 6.92 Å². The Morgan fingerprint density at radius 1 is 1.39 bits per heavy atom. The van der Waals surface area contributed by atoms with Crippen LogP contribution in [0.25, 0.3) is 10.9 Å². The summed E-state index contributed by atoms with van der Waals surface area (Å²) in [5, 5.41) is 4.28. The number of benzene rings is 1. The number of thiazole rings is 1. The van der Waals surface area contributed by atoms with E-state index in [0.717, 1.165) is 33.6 Å². The number of carbonyl (C=O) groups is 1. The zero-order valence-corrected chi connectivity index (χ0v) is 14.5. The second kappa shape index (κ2) is 6.54. The van der Waals surface area contributed by atoms with E-state index in [1.807, 2.05) is 18.6 Å². The summed E-state index contributed by atoms with van der Waals surface area (Å²) < 4.78 is 0. The molecule has 1 aromatic carbocycles. The topological polar surface area (TPSA) is 49.0 Å². The molecule has 0 spiro atoms. The molecule has 23 heavy (non-hydrogen) atoms. The molecule has 0 saturated carbocycles. The highest BCUT2D eigenvalue weighted by atomic mass is 32.1. The van der Waals surface area contributed by atoms with Gasteiger partial charge in [0.25, 0.3) is 0 Å². The molecular weight excluding hydrogens is 306 g/mol. The number of nitrogens with zero attached hydrogens (tertiary/aromatic N) is 2. The molecule has 0 atom stereocenters. The van der Waals surface area contributed by atoms with E-state index in [9.17, 15) is 4.79 Å². The average molecular weight is 327 g/mol. The Morgan fingerprint density at radius 3 is 2.96 bits per heavy atom. The Morgan fingerprint density at radius 2 is 2.22 bits per heavy atom. The SMILES string of the molecule is CCc1nc(CN(C)C(=O)Cc2c[nH]c3cc(C)ccc23)cs1. The van der Waals surface area contributed by atoms with Crippen molar-refractivity contribution in [1.29, 1.82) is 0 Å². The molecule has 3 aromatic rings. The summed E-state index contributed by atoms with van der Waals surface area (Å²) in [5.41, 5.74) is 4.31. The molecule has 0 fully saturated rings. The van der Waals surface area contributed by atoms with Crippen LogP contribution in [0.2, 0.25) is 0 Å². The molecule has 2 heterocycles. The largest absolute Gasteiger partial charge is 0.361 e. The van der Waals surface area contributed by atoms with Crippen LogP contribution >= 0.6 is 11.3 Å². The van der Waals surface area contributed by atoms with Crippen molar-refractivity contribution in [2.24, 2.45) is 0 Å². The van der Waals surface area contributed by atoms with Crippen molar-refractivity contribution in [3.8, 4) is 0 Å². The Labute approximate surface area is 140 Å². The van der Waals surface area contributed by atoms with E-state index in [0.29, 0.717) is 13.0 Å².